The number of pyridine rings is 1. The van der Waals surface area contributed by atoms with Crippen molar-refractivity contribution in [2.45, 2.75) is 177 Å². The zero-order chi connectivity index (χ0) is 45.6. The van der Waals surface area contributed by atoms with Gasteiger partial charge in [0.15, 0.2) is 24.5 Å². The fourth-order valence-corrected chi connectivity index (χ4v) is 9.38. The number of esters is 2. The molecule has 1 aromatic heterocycles. The fraction of sp³-hybridized carbons (Fsp3) is 0.767. The Morgan fingerprint density at radius 1 is 1.03 bits per heavy atom. The monoisotopic (exact) mass is 991 g/mol. The zero-order valence-electron chi connectivity index (χ0n) is 37.0. The summed E-state index contributed by atoms with van der Waals surface area (Å²) in [5.74, 6) is -1.96. The van der Waals surface area contributed by atoms with E-state index in [1.807, 2.05) is 19.1 Å². The Morgan fingerprint density at radius 2 is 1.76 bits per heavy atom. The van der Waals surface area contributed by atoms with Gasteiger partial charge in [0.05, 0.1) is 49.0 Å². The normalized spacial score (nSPS) is 41.2. The summed E-state index contributed by atoms with van der Waals surface area (Å²) < 4.78 is 43.7. The number of carbonyl (C=O) groups excluding carboxylic acids is 3. The topological polar surface area (TPSA) is 225 Å². The van der Waals surface area contributed by atoms with E-state index < -0.39 is 128 Å². The van der Waals surface area contributed by atoms with Crippen LogP contribution in [0.1, 0.15) is 80.1 Å². The van der Waals surface area contributed by atoms with Crippen molar-refractivity contribution in [2.24, 2.45) is 11.8 Å². The van der Waals surface area contributed by atoms with Gasteiger partial charge in [0.25, 0.3) is 0 Å². The van der Waals surface area contributed by atoms with Gasteiger partial charge in [-0.1, -0.05) is 26.0 Å². The lowest BCUT2D eigenvalue weighted by Crippen LogP contribution is -2.66. The molecule has 62 heavy (non-hydrogen) atoms. The molecule has 1 aromatic rings. The van der Waals surface area contributed by atoms with Crippen LogP contribution >= 0.6 is 22.6 Å². The molecule has 2 bridgehead atoms. The Morgan fingerprint density at radius 3 is 2.37 bits per heavy atom. The maximum Gasteiger partial charge on any atom is 0.308 e. The van der Waals surface area contributed by atoms with Crippen LogP contribution in [0.5, 0.6) is 0 Å². The Bertz CT molecular complexity index is 1660. The van der Waals surface area contributed by atoms with E-state index in [0.29, 0.717) is 18.5 Å². The van der Waals surface area contributed by atoms with E-state index in [0.717, 1.165) is 3.57 Å². The van der Waals surface area contributed by atoms with Crippen molar-refractivity contribution >= 4 is 46.6 Å². The number of hydrogen-bond acceptors (Lipinski definition) is 18. The van der Waals surface area contributed by atoms with E-state index in [-0.39, 0.29) is 25.7 Å². The van der Waals surface area contributed by atoms with Crippen LogP contribution in [-0.4, -0.2) is 167 Å². The molecule has 3 saturated heterocycles. The van der Waals surface area contributed by atoms with Crippen molar-refractivity contribution in [1.82, 2.24) is 9.88 Å². The average Bonchev–Trinajstić information content (AvgIpc) is 3.20. The minimum Gasteiger partial charge on any atom is -0.462 e. The number of halogens is 1. The minimum absolute atomic E-state index is 0.0463. The second-order valence-corrected chi connectivity index (χ2v) is 18.8. The van der Waals surface area contributed by atoms with Crippen LogP contribution in [0.25, 0.3) is 0 Å². The van der Waals surface area contributed by atoms with Gasteiger partial charge >= 0.3 is 11.9 Å². The number of methoxy groups -OCH3 is 1. The molecule has 6 heterocycles. The molecular formula is C43H66IN3O15. The molecular weight excluding hydrogens is 925 g/mol. The first-order chi connectivity index (χ1) is 29.3. The first-order valence-corrected chi connectivity index (χ1v) is 22.5. The lowest BCUT2D eigenvalue weighted by atomic mass is 9.81. The van der Waals surface area contributed by atoms with Crippen LogP contribution in [0, 0.1) is 15.4 Å². The molecule has 0 spiro atoms. The van der Waals surface area contributed by atoms with E-state index >= 15 is 0 Å². The highest BCUT2D eigenvalue weighted by molar-refractivity contribution is 14.1. The first-order valence-electron chi connectivity index (χ1n) is 21.4. The Kier molecular flexibility index (Phi) is 18.1. The molecule has 0 radical (unpaired) electrons. The SMILES string of the molecule is CCC(=O)O[C@H]1[C@H](C)O[C@@H](O[C@H]2[C@H](N(C)C)[C@@H](O)[C@H](O[C@H]3[C@@H](CC=O)C[C@@H](C)[C@@H](O)[C@H]4C=C[C@@H](C[C@@H](C)OC(=O)C[C@@H](O)[C@@H]3OC)N(c3ccc(I)cn3)O4)O[C@@H]2C)C[C@@]1(C)O. The van der Waals surface area contributed by atoms with E-state index in [2.05, 4.69) is 27.6 Å². The number of aliphatic hydroxyl groups excluding tert-OH is 3. The Labute approximate surface area is 377 Å². The summed E-state index contributed by atoms with van der Waals surface area (Å²) >= 11 is 2.16. The maximum atomic E-state index is 13.4. The molecule has 5 aliphatic rings. The number of nitrogens with zero attached hydrogens (tertiary/aromatic N) is 3. The number of hydrogen-bond donors (Lipinski definition) is 4. The standard InChI is InChI=1S/C43H66IN3O15/c1-10-32(50)59-41-25(5)57-34(20-43(41,6)54)60-38-24(4)58-42(37(53)35(38)46(7)8)61-39-26(15-16-48)17-22(2)36(52)30-13-12-28(47(62-30)31-14-11-27(44)21-45-31)18-23(3)56-33(51)19-29(49)40(39)55-9/h11-14,16,21-26,28-30,34-42,49,52-54H,10,15,17-20H2,1-9H3/t22-,23-,24-,25+,26+,28+,29-,30-,34+,35-,36-,37-,38-,39+,40+,41+,42+,43-/m1/s1. The molecule has 18 nitrogen and oxygen atoms in total. The van der Waals surface area contributed by atoms with Gasteiger partial charge < -0.3 is 63.3 Å². The Balaban J connectivity index is 1.42. The number of ether oxygens (including phenoxy) is 7. The van der Waals surface area contributed by atoms with Gasteiger partial charge in [-0.05, 0) is 94.8 Å². The third-order valence-corrected chi connectivity index (χ3v) is 12.9. The van der Waals surface area contributed by atoms with Crippen molar-refractivity contribution in [3.8, 4) is 0 Å². The van der Waals surface area contributed by atoms with Gasteiger partial charge in [0.1, 0.15) is 42.4 Å². The van der Waals surface area contributed by atoms with Gasteiger partial charge in [-0.2, -0.15) is 0 Å². The summed E-state index contributed by atoms with van der Waals surface area (Å²) in [6, 6.07) is 2.49. The van der Waals surface area contributed by atoms with E-state index in [1.165, 1.54) is 7.11 Å². The van der Waals surface area contributed by atoms with Gasteiger partial charge in [0, 0.05) is 42.6 Å². The van der Waals surface area contributed by atoms with Crippen LogP contribution in [0.4, 0.5) is 5.82 Å². The molecule has 19 heteroatoms. The summed E-state index contributed by atoms with van der Waals surface area (Å²) in [4.78, 5) is 50.7. The number of anilines is 1. The van der Waals surface area contributed by atoms with Crippen molar-refractivity contribution < 1.29 is 72.8 Å². The molecule has 0 unspecified atom stereocenters. The largest absolute Gasteiger partial charge is 0.462 e. The zero-order valence-corrected chi connectivity index (χ0v) is 39.2. The third kappa shape index (κ3) is 12.3. The number of fused-ring (bicyclic) bond motifs is 12. The number of carbonyl (C=O) groups is 3. The second-order valence-electron chi connectivity index (χ2n) is 17.5. The van der Waals surface area contributed by atoms with Crippen molar-refractivity contribution in [2.75, 3.05) is 26.3 Å². The molecule has 0 saturated carbocycles. The van der Waals surface area contributed by atoms with E-state index in [4.69, 9.17) is 38.0 Å². The molecule has 0 aliphatic carbocycles. The van der Waals surface area contributed by atoms with E-state index in [1.54, 1.807) is 77.0 Å². The van der Waals surface area contributed by atoms with Crippen LogP contribution < -0.4 is 5.06 Å². The quantitative estimate of drug-likeness (QED) is 0.108. The van der Waals surface area contributed by atoms with Crippen LogP contribution in [0.3, 0.4) is 0 Å². The van der Waals surface area contributed by atoms with Crippen LogP contribution in [0.2, 0.25) is 0 Å². The number of rotatable bonds is 11. The van der Waals surface area contributed by atoms with Gasteiger partial charge in [-0.3, -0.25) is 14.4 Å². The predicted molar refractivity (Wildman–Crippen MR) is 230 cm³/mol. The maximum absolute atomic E-state index is 13.4. The summed E-state index contributed by atoms with van der Waals surface area (Å²) in [7, 11) is 4.84. The Hall–Kier alpha value is -2.41. The molecule has 3 fully saturated rings. The highest BCUT2D eigenvalue weighted by Gasteiger charge is 2.53. The van der Waals surface area contributed by atoms with Crippen molar-refractivity contribution in [1.29, 1.82) is 0 Å². The smallest absolute Gasteiger partial charge is 0.308 e. The van der Waals surface area contributed by atoms with Crippen LogP contribution in [0.15, 0.2) is 30.5 Å². The highest BCUT2D eigenvalue weighted by atomic mass is 127. The summed E-state index contributed by atoms with van der Waals surface area (Å²) in [5, 5.41) is 48.6. The number of aldehydes is 1. The molecule has 0 amide bonds. The highest BCUT2D eigenvalue weighted by Crippen LogP contribution is 2.38. The number of hydroxylamine groups is 1. The van der Waals surface area contributed by atoms with Crippen LogP contribution in [-0.2, 0) is 52.4 Å². The molecule has 5 aliphatic heterocycles. The summed E-state index contributed by atoms with van der Waals surface area (Å²) in [6.07, 6.45) is -7.44. The number of aromatic nitrogens is 1. The lowest BCUT2D eigenvalue weighted by molar-refractivity contribution is -0.344. The average molecular weight is 992 g/mol. The molecule has 18 atom stereocenters. The molecule has 350 valence electrons. The first kappa shape index (κ1) is 50.6. The fourth-order valence-electron chi connectivity index (χ4n) is 9.06. The second kappa shape index (κ2) is 22.2. The molecule has 0 aromatic carbocycles. The van der Waals surface area contributed by atoms with Gasteiger partial charge in [-0.25, -0.2) is 10.0 Å². The summed E-state index contributed by atoms with van der Waals surface area (Å²) in [5.41, 5.74) is -1.49. The number of aliphatic hydroxyl groups is 4. The number of likely N-dealkylation sites (N-methyl/N-ethyl adjacent to an activating group) is 1. The van der Waals surface area contributed by atoms with Gasteiger partial charge in [0.2, 0.25) is 0 Å². The third-order valence-electron chi connectivity index (χ3n) is 12.2. The lowest BCUT2D eigenvalue weighted by Gasteiger charge is -2.50. The minimum atomic E-state index is -1.49. The molecule has 6 rings (SSSR count). The van der Waals surface area contributed by atoms with Crippen molar-refractivity contribution in [3.63, 3.8) is 0 Å². The predicted octanol–water partition coefficient (Wildman–Crippen LogP) is 2.44. The summed E-state index contributed by atoms with van der Waals surface area (Å²) in [6.45, 7) is 10.2. The van der Waals surface area contributed by atoms with E-state index in [9.17, 15) is 34.8 Å². The van der Waals surface area contributed by atoms with Gasteiger partial charge in [-0.15, -0.1) is 0 Å². The molecule has 4 N–H and O–H groups in total. The van der Waals surface area contributed by atoms with Crippen molar-refractivity contribution in [3.05, 3.63) is 34.1 Å².